The summed E-state index contributed by atoms with van der Waals surface area (Å²) in [7, 11) is 0. The number of hydrogen-bond acceptors (Lipinski definition) is 5. The summed E-state index contributed by atoms with van der Waals surface area (Å²) >= 11 is 0. The zero-order valence-electron chi connectivity index (χ0n) is 16.8. The second-order valence-electron chi connectivity index (χ2n) is 6.98. The summed E-state index contributed by atoms with van der Waals surface area (Å²) in [6, 6.07) is 22.9. The number of hydrogen-bond donors (Lipinski definition) is 1. The maximum Gasteiger partial charge on any atom is 0.260 e. The average Bonchev–Trinajstić information content (AvgIpc) is 3.27. The number of nitrogens with zero attached hydrogens (tertiary/aromatic N) is 4. The van der Waals surface area contributed by atoms with Crippen molar-refractivity contribution in [3.63, 3.8) is 0 Å². The molecular weight excluding hydrogens is 390 g/mol. The van der Waals surface area contributed by atoms with Crippen LogP contribution in [0.1, 0.15) is 17.3 Å². The van der Waals surface area contributed by atoms with Gasteiger partial charge in [0.05, 0.1) is 17.9 Å². The minimum absolute atomic E-state index is 0.223. The molecule has 0 atom stereocenters. The second kappa shape index (κ2) is 7.87. The van der Waals surface area contributed by atoms with E-state index >= 15 is 0 Å². The minimum atomic E-state index is -0.223. The Hall–Kier alpha value is -4.26. The van der Waals surface area contributed by atoms with Crippen LogP contribution in [-0.4, -0.2) is 32.3 Å². The van der Waals surface area contributed by atoms with Crippen LogP contribution in [0.15, 0.2) is 79.1 Å². The van der Waals surface area contributed by atoms with Crippen molar-refractivity contribution in [2.75, 3.05) is 11.9 Å². The Bertz CT molecular complexity index is 1410. The minimum Gasteiger partial charge on any atom is -0.493 e. The lowest BCUT2D eigenvalue weighted by molar-refractivity contribution is 0.102. The lowest BCUT2D eigenvalue weighted by atomic mass is 10.0. The molecule has 5 aromatic rings. The molecule has 1 amide bonds. The van der Waals surface area contributed by atoms with Gasteiger partial charge in [-0.2, -0.15) is 9.61 Å². The molecule has 0 aliphatic carbocycles. The molecule has 0 fully saturated rings. The number of rotatable bonds is 5. The molecular formula is C24H19N5O2. The highest BCUT2D eigenvalue weighted by molar-refractivity contribution is 6.15. The maximum atomic E-state index is 13.3. The molecule has 31 heavy (non-hydrogen) atoms. The fraction of sp³-hybridized carbons (Fsp3) is 0.0833. The molecule has 0 saturated carbocycles. The number of aromatic nitrogens is 4. The number of fused-ring (bicyclic) bond motifs is 2. The summed E-state index contributed by atoms with van der Waals surface area (Å²) in [5.41, 5.74) is 3.49. The molecule has 0 bridgehead atoms. The molecule has 7 nitrogen and oxygen atoms in total. The summed E-state index contributed by atoms with van der Waals surface area (Å²) in [6.45, 7) is 2.38. The van der Waals surface area contributed by atoms with Crippen LogP contribution >= 0.6 is 0 Å². The van der Waals surface area contributed by atoms with Crippen molar-refractivity contribution in [2.45, 2.75) is 6.92 Å². The van der Waals surface area contributed by atoms with E-state index in [1.54, 1.807) is 10.8 Å². The van der Waals surface area contributed by atoms with Gasteiger partial charge < -0.3 is 10.1 Å². The topological polar surface area (TPSA) is 81.4 Å². The van der Waals surface area contributed by atoms with E-state index in [1.165, 1.54) is 0 Å². The third kappa shape index (κ3) is 3.57. The predicted octanol–water partition coefficient (Wildman–Crippen LogP) is 4.60. The van der Waals surface area contributed by atoms with E-state index in [1.807, 2.05) is 79.7 Å². The molecule has 2 heterocycles. The maximum absolute atomic E-state index is 13.3. The second-order valence-corrected chi connectivity index (χ2v) is 6.98. The van der Waals surface area contributed by atoms with E-state index in [9.17, 15) is 4.79 Å². The van der Waals surface area contributed by atoms with Crippen molar-refractivity contribution >= 4 is 28.0 Å². The van der Waals surface area contributed by atoms with Crippen molar-refractivity contribution < 1.29 is 9.53 Å². The van der Waals surface area contributed by atoms with Crippen molar-refractivity contribution in [2.24, 2.45) is 0 Å². The molecule has 0 spiro atoms. The molecule has 0 aliphatic heterocycles. The Morgan fingerprint density at radius 1 is 1.03 bits per heavy atom. The van der Waals surface area contributed by atoms with E-state index in [0.717, 1.165) is 22.0 Å². The van der Waals surface area contributed by atoms with Crippen LogP contribution in [0.4, 0.5) is 5.69 Å². The van der Waals surface area contributed by atoms with Crippen molar-refractivity contribution in [1.29, 1.82) is 0 Å². The van der Waals surface area contributed by atoms with E-state index in [-0.39, 0.29) is 5.91 Å². The van der Waals surface area contributed by atoms with Crippen LogP contribution in [0.5, 0.6) is 5.75 Å². The number of benzene rings is 3. The molecule has 5 rings (SSSR count). The summed E-state index contributed by atoms with van der Waals surface area (Å²) < 4.78 is 7.36. The number of anilines is 1. The van der Waals surface area contributed by atoms with E-state index < -0.39 is 0 Å². The predicted molar refractivity (Wildman–Crippen MR) is 119 cm³/mol. The Morgan fingerprint density at radius 2 is 1.94 bits per heavy atom. The first-order valence-corrected chi connectivity index (χ1v) is 9.96. The normalized spacial score (nSPS) is 11.0. The van der Waals surface area contributed by atoms with Crippen LogP contribution in [-0.2, 0) is 0 Å². The Kier molecular flexibility index (Phi) is 4.76. The van der Waals surface area contributed by atoms with Gasteiger partial charge in [-0.05, 0) is 48.0 Å². The smallest absolute Gasteiger partial charge is 0.260 e. The van der Waals surface area contributed by atoms with Gasteiger partial charge in [-0.3, -0.25) is 4.79 Å². The van der Waals surface area contributed by atoms with Gasteiger partial charge in [-0.25, -0.2) is 0 Å². The molecule has 1 N–H and O–H groups in total. The average molecular weight is 409 g/mol. The summed E-state index contributed by atoms with van der Waals surface area (Å²) in [4.78, 5) is 13.3. The molecule has 0 radical (unpaired) electrons. The first-order chi connectivity index (χ1) is 15.2. The zero-order valence-corrected chi connectivity index (χ0v) is 16.8. The standard InChI is InChI=1S/C24H19N5O2/c1-2-31-21-12-10-16-6-3-4-9-19(16)23(21)24(30)26-18-8-5-7-17(14-18)20-11-13-22-27-25-15-29(22)28-20/h3-15H,2H2,1H3,(H,26,30). The molecule has 0 saturated heterocycles. The number of amides is 1. The highest BCUT2D eigenvalue weighted by atomic mass is 16.5. The zero-order chi connectivity index (χ0) is 21.2. The number of carbonyl (C=O) groups excluding carboxylic acids is 1. The fourth-order valence-corrected chi connectivity index (χ4v) is 3.59. The van der Waals surface area contributed by atoms with Crippen molar-refractivity contribution in [1.82, 2.24) is 19.8 Å². The quantitative estimate of drug-likeness (QED) is 0.459. The van der Waals surface area contributed by atoms with E-state index in [0.29, 0.717) is 29.3 Å². The van der Waals surface area contributed by atoms with Gasteiger partial charge in [-0.1, -0.05) is 42.5 Å². The summed E-state index contributed by atoms with van der Waals surface area (Å²) in [5.74, 6) is 0.342. The number of ether oxygens (including phenoxy) is 1. The van der Waals surface area contributed by atoms with Crippen LogP contribution in [0.3, 0.4) is 0 Å². The summed E-state index contributed by atoms with van der Waals surface area (Å²) in [5, 5.41) is 17.2. The van der Waals surface area contributed by atoms with Gasteiger partial charge in [-0.15, -0.1) is 10.2 Å². The van der Waals surface area contributed by atoms with Crippen LogP contribution in [0.2, 0.25) is 0 Å². The van der Waals surface area contributed by atoms with Crippen LogP contribution < -0.4 is 10.1 Å². The first-order valence-electron chi connectivity index (χ1n) is 9.96. The molecule has 0 aliphatic rings. The largest absolute Gasteiger partial charge is 0.493 e. The van der Waals surface area contributed by atoms with Crippen LogP contribution in [0.25, 0.3) is 27.7 Å². The molecule has 7 heteroatoms. The summed E-state index contributed by atoms with van der Waals surface area (Å²) in [6.07, 6.45) is 1.56. The highest BCUT2D eigenvalue weighted by Crippen LogP contribution is 2.30. The molecule has 152 valence electrons. The Labute approximate surface area is 178 Å². The molecule has 2 aromatic heterocycles. The lowest BCUT2D eigenvalue weighted by Crippen LogP contribution is -2.14. The van der Waals surface area contributed by atoms with Gasteiger partial charge in [0.15, 0.2) is 5.65 Å². The number of nitrogens with one attached hydrogen (secondary N) is 1. The number of carbonyl (C=O) groups is 1. The van der Waals surface area contributed by atoms with Gasteiger partial charge >= 0.3 is 0 Å². The van der Waals surface area contributed by atoms with Crippen molar-refractivity contribution in [3.8, 4) is 17.0 Å². The fourth-order valence-electron chi connectivity index (χ4n) is 3.59. The highest BCUT2D eigenvalue weighted by Gasteiger charge is 2.17. The van der Waals surface area contributed by atoms with Gasteiger partial charge in [0.25, 0.3) is 5.91 Å². The van der Waals surface area contributed by atoms with Gasteiger partial charge in [0, 0.05) is 11.3 Å². The van der Waals surface area contributed by atoms with Crippen LogP contribution in [0, 0.1) is 0 Å². The molecule has 0 unspecified atom stereocenters. The third-order valence-corrected chi connectivity index (χ3v) is 5.00. The SMILES string of the molecule is CCOc1ccc2ccccc2c1C(=O)Nc1cccc(-c2ccc3nncn3n2)c1. The van der Waals surface area contributed by atoms with Gasteiger partial charge in [0.1, 0.15) is 12.1 Å². The monoisotopic (exact) mass is 409 g/mol. The van der Waals surface area contributed by atoms with E-state index in [4.69, 9.17) is 4.74 Å². The third-order valence-electron chi connectivity index (χ3n) is 5.00. The van der Waals surface area contributed by atoms with E-state index in [2.05, 4.69) is 20.6 Å². The Balaban J connectivity index is 1.50. The molecule has 3 aromatic carbocycles. The Morgan fingerprint density at radius 3 is 2.84 bits per heavy atom. The lowest BCUT2D eigenvalue weighted by Gasteiger charge is -2.14. The van der Waals surface area contributed by atoms with Crippen molar-refractivity contribution in [3.05, 3.63) is 84.7 Å². The first kappa shape index (κ1) is 18.7. The van der Waals surface area contributed by atoms with Gasteiger partial charge in [0.2, 0.25) is 0 Å².